The fraction of sp³-hybridized carbons (Fsp3) is 0.588. The summed E-state index contributed by atoms with van der Waals surface area (Å²) in [6, 6.07) is 5.54. The molecule has 0 aliphatic carbocycles. The highest BCUT2D eigenvalue weighted by Gasteiger charge is 2.06. The molecular formula is C17H28N2O2. The topological polar surface area (TPSA) is 64.3 Å². The van der Waals surface area contributed by atoms with E-state index in [2.05, 4.69) is 19.2 Å². The number of anilines is 2. The van der Waals surface area contributed by atoms with Crippen LogP contribution >= 0.6 is 0 Å². The van der Waals surface area contributed by atoms with Gasteiger partial charge in [0.2, 0.25) is 5.91 Å². The van der Waals surface area contributed by atoms with Crippen molar-refractivity contribution >= 4 is 17.3 Å². The SMILES string of the molecule is Cc1c(N)cccc1NC(=O)CCCOCCCC(C)C. The molecular weight excluding hydrogens is 264 g/mol. The maximum Gasteiger partial charge on any atom is 0.224 e. The molecule has 1 amide bonds. The Morgan fingerprint density at radius 2 is 2.00 bits per heavy atom. The van der Waals surface area contributed by atoms with Gasteiger partial charge in [-0.05, 0) is 49.8 Å². The van der Waals surface area contributed by atoms with Crippen molar-refractivity contribution < 1.29 is 9.53 Å². The third-order valence-corrected chi connectivity index (χ3v) is 3.41. The van der Waals surface area contributed by atoms with Gasteiger partial charge in [-0.15, -0.1) is 0 Å². The Hall–Kier alpha value is -1.55. The van der Waals surface area contributed by atoms with Crippen molar-refractivity contribution in [1.29, 1.82) is 0 Å². The van der Waals surface area contributed by atoms with E-state index < -0.39 is 0 Å². The molecule has 0 aliphatic heterocycles. The molecule has 0 aliphatic rings. The molecule has 1 rings (SSSR count). The molecule has 0 unspecified atom stereocenters. The zero-order valence-corrected chi connectivity index (χ0v) is 13.4. The molecule has 3 N–H and O–H groups in total. The van der Waals surface area contributed by atoms with Gasteiger partial charge in [0.15, 0.2) is 0 Å². The number of rotatable bonds is 9. The first-order valence-electron chi connectivity index (χ1n) is 7.73. The summed E-state index contributed by atoms with van der Waals surface area (Å²) in [5, 5.41) is 2.89. The normalized spacial score (nSPS) is 10.9. The summed E-state index contributed by atoms with van der Waals surface area (Å²) < 4.78 is 5.53. The summed E-state index contributed by atoms with van der Waals surface area (Å²) in [6.45, 7) is 7.75. The smallest absolute Gasteiger partial charge is 0.224 e. The lowest BCUT2D eigenvalue weighted by molar-refractivity contribution is -0.116. The molecule has 4 heteroatoms. The van der Waals surface area contributed by atoms with Crippen LogP contribution in [0.5, 0.6) is 0 Å². The van der Waals surface area contributed by atoms with E-state index in [4.69, 9.17) is 10.5 Å². The van der Waals surface area contributed by atoms with E-state index in [0.29, 0.717) is 18.7 Å². The summed E-state index contributed by atoms with van der Waals surface area (Å²) in [5.74, 6) is 0.732. The van der Waals surface area contributed by atoms with Crippen molar-refractivity contribution in [3.8, 4) is 0 Å². The van der Waals surface area contributed by atoms with E-state index in [1.807, 2.05) is 25.1 Å². The van der Waals surface area contributed by atoms with E-state index in [9.17, 15) is 4.79 Å². The molecule has 0 aromatic heterocycles. The lowest BCUT2D eigenvalue weighted by Crippen LogP contribution is -2.13. The van der Waals surface area contributed by atoms with Crippen LogP contribution in [-0.4, -0.2) is 19.1 Å². The van der Waals surface area contributed by atoms with Crippen LogP contribution in [0.3, 0.4) is 0 Å². The highest BCUT2D eigenvalue weighted by atomic mass is 16.5. The lowest BCUT2D eigenvalue weighted by Gasteiger charge is -2.10. The first kappa shape index (κ1) is 17.5. The minimum absolute atomic E-state index is 0.00878. The molecule has 0 saturated carbocycles. The number of hydrogen-bond acceptors (Lipinski definition) is 3. The molecule has 1 aromatic rings. The number of amides is 1. The second kappa shape index (κ2) is 9.40. The van der Waals surface area contributed by atoms with Crippen LogP contribution in [0, 0.1) is 12.8 Å². The van der Waals surface area contributed by atoms with Gasteiger partial charge in [0.05, 0.1) is 0 Å². The largest absolute Gasteiger partial charge is 0.398 e. The Morgan fingerprint density at radius 3 is 2.71 bits per heavy atom. The molecule has 1 aromatic carbocycles. The summed E-state index contributed by atoms with van der Waals surface area (Å²) in [6.07, 6.45) is 3.49. The second-order valence-corrected chi connectivity index (χ2v) is 5.82. The van der Waals surface area contributed by atoms with Crippen molar-refractivity contribution in [2.24, 2.45) is 5.92 Å². The molecule has 0 spiro atoms. The van der Waals surface area contributed by atoms with Gasteiger partial charge in [-0.2, -0.15) is 0 Å². The number of hydrogen-bond donors (Lipinski definition) is 2. The maximum atomic E-state index is 11.8. The average molecular weight is 292 g/mol. The van der Waals surface area contributed by atoms with Crippen LogP contribution in [0.2, 0.25) is 0 Å². The first-order valence-corrected chi connectivity index (χ1v) is 7.73. The number of carbonyl (C=O) groups excluding carboxylic acids is 1. The first-order chi connectivity index (χ1) is 10.0. The molecule has 0 bridgehead atoms. The minimum atomic E-state index is 0.00878. The van der Waals surface area contributed by atoms with E-state index >= 15 is 0 Å². The van der Waals surface area contributed by atoms with Crippen molar-refractivity contribution in [2.75, 3.05) is 24.3 Å². The Kier molecular flexibility index (Phi) is 7.83. The Bertz CT molecular complexity index is 444. The van der Waals surface area contributed by atoms with Crippen LogP contribution in [0.15, 0.2) is 18.2 Å². The molecule has 118 valence electrons. The minimum Gasteiger partial charge on any atom is -0.398 e. The fourth-order valence-corrected chi connectivity index (χ4v) is 2.03. The van der Waals surface area contributed by atoms with Gasteiger partial charge < -0.3 is 15.8 Å². The zero-order valence-electron chi connectivity index (χ0n) is 13.4. The second-order valence-electron chi connectivity index (χ2n) is 5.82. The van der Waals surface area contributed by atoms with Gasteiger partial charge in [0, 0.05) is 31.0 Å². The highest BCUT2D eigenvalue weighted by molar-refractivity contribution is 5.92. The number of nitrogen functional groups attached to an aromatic ring is 1. The Labute approximate surface area is 128 Å². The van der Waals surface area contributed by atoms with Gasteiger partial charge in [-0.1, -0.05) is 19.9 Å². The Balaban J connectivity index is 2.16. The summed E-state index contributed by atoms with van der Waals surface area (Å²) in [5.41, 5.74) is 8.21. The van der Waals surface area contributed by atoms with Gasteiger partial charge in [-0.25, -0.2) is 0 Å². The fourth-order valence-electron chi connectivity index (χ4n) is 2.03. The number of nitrogens with one attached hydrogen (secondary N) is 1. The monoisotopic (exact) mass is 292 g/mol. The molecule has 0 atom stereocenters. The summed E-state index contributed by atoms with van der Waals surface area (Å²) >= 11 is 0. The predicted octanol–water partition coefficient (Wildman–Crippen LogP) is 3.75. The number of benzene rings is 1. The van der Waals surface area contributed by atoms with Crippen molar-refractivity contribution in [2.45, 2.75) is 46.5 Å². The van der Waals surface area contributed by atoms with Crippen molar-refractivity contribution in [3.05, 3.63) is 23.8 Å². The maximum absolute atomic E-state index is 11.8. The number of carbonyl (C=O) groups is 1. The van der Waals surface area contributed by atoms with E-state index in [-0.39, 0.29) is 5.91 Å². The van der Waals surface area contributed by atoms with Gasteiger partial charge in [0.1, 0.15) is 0 Å². The number of ether oxygens (including phenoxy) is 1. The highest BCUT2D eigenvalue weighted by Crippen LogP contribution is 2.20. The van der Waals surface area contributed by atoms with Gasteiger partial charge in [-0.3, -0.25) is 4.79 Å². The summed E-state index contributed by atoms with van der Waals surface area (Å²) in [4.78, 5) is 11.8. The average Bonchev–Trinajstić information content (AvgIpc) is 2.42. The van der Waals surface area contributed by atoms with Crippen LogP contribution in [0.4, 0.5) is 11.4 Å². The van der Waals surface area contributed by atoms with Crippen molar-refractivity contribution in [1.82, 2.24) is 0 Å². The summed E-state index contributed by atoms with van der Waals surface area (Å²) in [7, 11) is 0. The Morgan fingerprint density at radius 1 is 1.29 bits per heavy atom. The standard InChI is InChI=1S/C17H28N2O2/c1-13(2)7-5-11-21-12-6-10-17(20)19-16-9-4-8-15(18)14(16)3/h4,8-9,13H,5-7,10-12,18H2,1-3H3,(H,19,20). The van der Waals surface area contributed by atoms with Gasteiger partial charge >= 0.3 is 0 Å². The molecule has 0 radical (unpaired) electrons. The van der Waals surface area contributed by atoms with Crippen LogP contribution in [0.1, 0.15) is 45.1 Å². The van der Waals surface area contributed by atoms with E-state index in [1.165, 1.54) is 6.42 Å². The molecule has 0 fully saturated rings. The third kappa shape index (κ3) is 7.14. The molecule has 4 nitrogen and oxygen atoms in total. The zero-order chi connectivity index (χ0) is 15.7. The lowest BCUT2D eigenvalue weighted by atomic mass is 10.1. The molecule has 0 saturated heterocycles. The molecule has 0 heterocycles. The molecule has 21 heavy (non-hydrogen) atoms. The predicted molar refractivity (Wildman–Crippen MR) is 88.3 cm³/mol. The quantitative estimate of drug-likeness (QED) is 0.538. The number of nitrogens with two attached hydrogens (primary N) is 1. The van der Waals surface area contributed by atoms with Crippen LogP contribution < -0.4 is 11.1 Å². The van der Waals surface area contributed by atoms with E-state index in [1.54, 1.807) is 0 Å². The van der Waals surface area contributed by atoms with Crippen LogP contribution in [-0.2, 0) is 9.53 Å². The van der Waals surface area contributed by atoms with Gasteiger partial charge in [0.25, 0.3) is 0 Å². The third-order valence-electron chi connectivity index (χ3n) is 3.41. The van der Waals surface area contributed by atoms with E-state index in [0.717, 1.165) is 36.6 Å². The van der Waals surface area contributed by atoms with Crippen molar-refractivity contribution in [3.63, 3.8) is 0 Å². The van der Waals surface area contributed by atoms with Crippen LogP contribution in [0.25, 0.3) is 0 Å².